The summed E-state index contributed by atoms with van der Waals surface area (Å²) in [4.78, 5) is 14.8. The molecule has 2 saturated heterocycles. The smallest absolute Gasteiger partial charge is 0.242 e. The summed E-state index contributed by atoms with van der Waals surface area (Å²) < 4.78 is 0. The summed E-state index contributed by atoms with van der Waals surface area (Å²) in [5, 5.41) is 3.46. The molecule has 2 heterocycles. The van der Waals surface area contributed by atoms with Gasteiger partial charge in [-0.15, -0.1) is 0 Å². The van der Waals surface area contributed by atoms with E-state index in [0.29, 0.717) is 5.91 Å². The van der Waals surface area contributed by atoms with E-state index in [1.807, 2.05) is 0 Å². The fraction of sp³-hybridized carbons (Fsp3) is 0.929. The molecular formula is C14H26N2O. The van der Waals surface area contributed by atoms with Gasteiger partial charge in [-0.25, -0.2) is 0 Å². The van der Waals surface area contributed by atoms with E-state index in [4.69, 9.17) is 0 Å². The minimum absolute atomic E-state index is 0.227. The number of nitrogens with one attached hydrogen (secondary N) is 1. The predicted octanol–water partition coefficient (Wildman–Crippen LogP) is 2.17. The number of piperidine rings is 1. The molecule has 0 spiro atoms. The molecule has 0 aromatic carbocycles. The fourth-order valence-electron chi connectivity index (χ4n) is 3.33. The van der Waals surface area contributed by atoms with Crippen molar-refractivity contribution in [3.05, 3.63) is 0 Å². The van der Waals surface area contributed by atoms with Gasteiger partial charge in [0, 0.05) is 13.1 Å². The van der Waals surface area contributed by atoms with E-state index in [1.165, 1.54) is 19.3 Å². The first-order valence-electron chi connectivity index (χ1n) is 7.26. The van der Waals surface area contributed by atoms with E-state index in [9.17, 15) is 4.79 Å². The number of nitrogens with zero attached hydrogens (tertiary/aromatic N) is 1. The molecule has 0 aromatic heterocycles. The van der Waals surface area contributed by atoms with Crippen molar-refractivity contribution in [2.24, 2.45) is 5.92 Å². The minimum Gasteiger partial charge on any atom is -0.341 e. The molecular weight excluding hydrogens is 212 g/mol. The van der Waals surface area contributed by atoms with Gasteiger partial charge >= 0.3 is 0 Å². The molecule has 2 atom stereocenters. The Kier molecular flexibility index (Phi) is 4.08. The second-order valence-electron chi connectivity index (χ2n) is 5.63. The van der Waals surface area contributed by atoms with Crippen molar-refractivity contribution < 1.29 is 4.79 Å². The Balaban J connectivity index is 2.03. The lowest BCUT2D eigenvalue weighted by Crippen LogP contribution is -2.56. The van der Waals surface area contributed by atoms with Crippen LogP contribution in [0.2, 0.25) is 0 Å². The van der Waals surface area contributed by atoms with Crippen LogP contribution in [0.3, 0.4) is 0 Å². The number of amides is 1. The minimum atomic E-state index is -0.227. The van der Waals surface area contributed by atoms with Gasteiger partial charge in [-0.3, -0.25) is 4.79 Å². The topological polar surface area (TPSA) is 32.3 Å². The zero-order valence-electron chi connectivity index (χ0n) is 11.3. The third kappa shape index (κ3) is 2.49. The van der Waals surface area contributed by atoms with Gasteiger partial charge in [0.15, 0.2) is 0 Å². The quantitative estimate of drug-likeness (QED) is 0.817. The first-order valence-corrected chi connectivity index (χ1v) is 7.26. The van der Waals surface area contributed by atoms with Crippen LogP contribution in [0.1, 0.15) is 52.4 Å². The van der Waals surface area contributed by atoms with Crippen LogP contribution in [0.15, 0.2) is 0 Å². The molecule has 1 amide bonds. The van der Waals surface area contributed by atoms with Gasteiger partial charge in [-0.05, 0) is 44.6 Å². The van der Waals surface area contributed by atoms with Crippen molar-refractivity contribution in [1.29, 1.82) is 0 Å². The van der Waals surface area contributed by atoms with Crippen LogP contribution < -0.4 is 5.32 Å². The Bertz CT molecular complexity index is 271. The highest BCUT2D eigenvalue weighted by molar-refractivity contribution is 5.86. The Morgan fingerprint density at radius 2 is 2.24 bits per heavy atom. The first kappa shape index (κ1) is 12.9. The van der Waals surface area contributed by atoms with E-state index in [-0.39, 0.29) is 5.54 Å². The number of carbonyl (C=O) groups excluding carboxylic acids is 1. The molecule has 2 rings (SSSR count). The summed E-state index contributed by atoms with van der Waals surface area (Å²) in [5.74, 6) is 1.10. The van der Waals surface area contributed by atoms with E-state index in [0.717, 1.165) is 44.8 Å². The van der Waals surface area contributed by atoms with Gasteiger partial charge in [0.1, 0.15) is 0 Å². The van der Waals surface area contributed by atoms with Crippen LogP contribution in [-0.4, -0.2) is 36.0 Å². The van der Waals surface area contributed by atoms with Crippen LogP contribution in [-0.2, 0) is 4.79 Å². The maximum atomic E-state index is 12.7. The molecule has 2 unspecified atom stereocenters. The molecule has 2 aliphatic heterocycles. The van der Waals surface area contributed by atoms with Crippen LogP contribution in [0.25, 0.3) is 0 Å². The SMILES string of the molecule is CCC1CCCN(C(=O)C2(CC)CCCN2)C1. The number of hydrogen-bond acceptors (Lipinski definition) is 2. The monoisotopic (exact) mass is 238 g/mol. The third-order valence-corrected chi connectivity index (χ3v) is 4.64. The second kappa shape index (κ2) is 5.38. The van der Waals surface area contributed by atoms with E-state index < -0.39 is 0 Å². The maximum absolute atomic E-state index is 12.7. The van der Waals surface area contributed by atoms with Gasteiger partial charge in [-0.1, -0.05) is 20.3 Å². The van der Waals surface area contributed by atoms with Crippen LogP contribution in [0, 0.1) is 5.92 Å². The zero-order valence-corrected chi connectivity index (χ0v) is 11.3. The summed E-state index contributed by atoms with van der Waals surface area (Å²) in [7, 11) is 0. The normalized spacial score (nSPS) is 34.0. The molecule has 0 radical (unpaired) electrons. The number of rotatable bonds is 3. The highest BCUT2D eigenvalue weighted by atomic mass is 16.2. The summed E-state index contributed by atoms with van der Waals surface area (Å²) in [5.41, 5.74) is -0.227. The number of likely N-dealkylation sites (tertiary alicyclic amines) is 1. The molecule has 0 bridgehead atoms. The molecule has 1 N–H and O–H groups in total. The Morgan fingerprint density at radius 3 is 2.82 bits per heavy atom. The van der Waals surface area contributed by atoms with E-state index >= 15 is 0 Å². The van der Waals surface area contributed by atoms with Crippen molar-refractivity contribution in [2.75, 3.05) is 19.6 Å². The third-order valence-electron chi connectivity index (χ3n) is 4.64. The van der Waals surface area contributed by atoms with E-state index in [1.54, 1.807) is 0 Å². The molecule has 0 saturated carbocycles. The molecule has 17 heavy (non-hydrogen) atoms. The largest absolute Gasteiger partial charge is 0.341 e. The lowest BCUT2D eigenvalue weighted by molar-refractivity contribution is -0.140. The van der Waals surface area contributed by atoms with Crippen molar-refractivity contribution in [1.82, 2.24) is 10.2 Å². The molecule has 0 aliphatic carbocycles. The molecule has 0 aromatic rings. The zero-order chi connectivity index (χ0) is 12.3. The molecule has 3 heteroatoms. The van der Waals surface area contributed by atoms with Gasteiger partial charge in [-0.2, -0.15) is 0 Å². The van der Waals surface area contributed by atoms with Crippen molar-refractivity contribution in [2.45, 2.75) is 57.9 Å². The lowest BCUT2D eigenvalue weighted by Gasteiger charge is -2.38. The summed E-state index contributed by atoms with van der Waals surface area (Å²) in [6.07, 6.45) is 6.78. The summed E-state index contributed by atoms with van der Waals surface area (Å²) in [6, 6.07) is 0. The van der Waals surface area contributed by atoms with Crippen molar-refractivity contribution in [3.63, 3.8) is 0 Å². The number of carbonyl (C=O) groups is 1. The Morgan fingerprint density at radius 1 is 1.41 bits per heavy atom. The molecule has 98 valence electrons. The van der Waals surface area contributed by atoms with Crippen LogP contribution >= 0.6 is 0 Å². The Hall–Kier alpha value is -0.570. The van der Waals surface area contributed by atoms with Gasteiger partial charge in [0.05, 0.1) is 5.54 Å². The fourth-order valence-corrected chi connectivity index (χ4v) is 3.33. The molecule has 2 aliphatic rings. The summed E-state index contributed by atoms with van der Waals surface area (Å²) in [6.45, 7) is 7.33. The van der Waals surface area contributed by atoms with Crippen molar-refractivity contribution >= 4 is 5.91 Å². The summed E-state index contributed by atoms with van der Waals surface area (Å²) >= 11 is 0. The van der Waals surface area contributed by atoms with Crippen LogP contribution in [0.4, 0.5) is 0 Å². The van der Waals surface area contributed by atoms with Gasteiger partial charge < -0.3 is 10.2 Å². The Labute approximate surface area is 105 Å². The van der Waals surface area contributed by atoms with Gasteiger partial charge in [0.25, 0.3) is 0 Å². The highest BCUT2D eigenvalue weighted by Gasteiger charge is 2.42. The highest BCUT2D eigenvalue weighted by Crippen LogP contribution is 2.28. The molecule has 3 nitrogen and oxygen atoms in total. The maximum Gasteiger partial charge on any atom is 0.242 e. The lowest BCUT2D eigenvalue weighted by atomic mass is 9.89. The second-order valence-corrected chi connectivity index (χ2v) is 5.63. The predicted molar refractivity (Wildman–Crippen MR) is 69.9 cm³/mol. The standard InChI is InChI=1S/C14H26N2O/c1-3-12-7-5-10-16(11-12)13(17)14(4-2)8-6-9-15-14/h12,15H,3-11H2,1-2H3. The van der Waals surface area contributed by atoms with E-state index in [2.05, 4.69) is 24.1 Å². The average Bonchev–Trinajstić information content (AvgIpc) is 2.88. The first-order chi connectivity index (χ1) is 8.22. The van der Waals surface area contributed by atoms with Crippen molar-refractivity contribution in [3.8, 4) is 0 Å². The van der Waals surface area contributed by atoms with Crippen LogP contribution in [0.5, 0.6) is 0 Å². The average molecular weight is 238 g/mol. The molecule has 2 fully saturated rings. The number of hydrogen-bond donors (Lipinski definition) is 1. The van der Waals surface area contributed by atoms with Gasteiger partial charge in [0.2, 0.25) is 5.91 Å².